The lowest BCUT2D eigenvalue weighted by Gasteiger charge is -2.22. The second-order valence-corrected chi connectivity index (χ2v) is 14.4. The van der Waals surface area contributed by atoms with E-state index < -0.39 is 31.2 Å². The predicted molar refractivity (Wildman–Crippen MR) is 118 cm³/mol. The summed E-state index contributed by atoms with van der Waals surface area (Å²) in [5, 5.41) is 2.57. The Kier molecular flexibility index (Phi) is 11.4. The van der Waals surface area contributed by atoms with Crippen molar-refractivity contribution in [2.75, 3.05) is 18.1 Å². The molecule has 0 bridgehead atoms. The fourth-order valence-electron chi connectivity index (χ4n) is 2.87. The van der Waals surface area contributed by atoms with E-state index in [0.717, 1.165) is 11.5 Å². The van der Waals surface area contributed by atoms with Crippen molar-refractivity contribution in [3.63, 3.8) is 0 Å². The first-order valence-corrected chi connectivity index (χ1v) is 14.7. The standard InChI is InChI=1S/C19H34FN3O3SSi/c1-4-5-6-7-8-9-13-28(2,3)14-12-27-11-10-21-18(25)23-15-16(20)17(24)22-19(23)26/h15H,4-14H2,1-3H3,(H,21,25)(H,22,24,26). The molecule has 0 aliphatic heterocycles. The molecule has 1 rings (SSSR count). The van der Waals surface area contributed by atoms with Gasteiger partial charge in [-0.05, 0) is 11.8 Å². The maximum atomic E-state index is 13.2. The number of halogens is 1. The minimum Gasteiger partial charge on any atom is -0.336 e. The Balaban J connectivity index is 2.18. The van der Waals surface area contributed by atoms with Crippen LogP contribution in [0.5, 0.6) is 0 Å². The molecule has 0 aromatic carbocycles. The Labute approximate surface area is 171 Å². The van der Waals surface area contributed by atoms with Gasteiger partial charge in [0.15, 0.2) is 0 Å². The van der Waals surface area contributed by atoms with Crippen LogP contribution in [0.4, 0.5) is 9.18 Å². The maximum absolute atomic E-state index is 13.2. The van der Waals surface area contributed by atoms with E-state index in [-0.39, 0.29) is 0 Å². The molecule has 0 aliphatic rings. The van der Waals surface area contributed by atoms with Crippen molar-refractivity contribution in [3.05, 3.63) is 32.9 Å². The van der Waals surface area contributed by atoms with E-state index in [1.165, 1.54) is 50.6 Å². The van der Waals surface area contributed by atoms with Crippen LogP contribution in [0.15, 0.2) is 15.8 Å². The van der Waals surface area contributed by atoms with Gasteiger partial charge in [0.25, 0.3) is 5.56 Å². The molecule has 2 N–H and O–H groups in total. The van der Waals surface area contributed by atoms with Crippen molar-refractivity contribution in [2.45, 2.75) is 70.6 Å². The van der Waals surface area contributed by atoms with Crippen LogP contribution in [0.2, 0.25) is 25.2 Å². The number of thioether (sulfide) groups is 1. The number of H-pyrrole nitrogens is 1. The Morgan fingerprint density at radius 2 is 1.82 bits per heavy atom. The lowest BCUT2D eigenvalue weighted by molar-refractivity contribution is 0.241. The number of rotatable bonds is 13. The van der Waals surface area contributed by atoms with Crippen molar-refractivity contribution in [2.24, 2.45) is 0 Å². The van der Waals surface area contributed by atoms with Gasteiger partial charge in [0.1, 0.15) is 0 Å². The van der Waals surface area contributed by atoms with Gasteiger partial charge in [-0.2, -0.15) is 16.2 Å². The van der Waals surface area contributed by atoms with Gasteiger partial charge in [0, 0.05) is 20.4 Å². The number of aromatic nitrogens is 2. The van der Waals surface area contributed by atoms with Crippen LogP contribution in [0.25, 0.3) is 0 Å². The summed E-state index contributed by atoms with van der Waals surface area (Å²) in [5.41, 5.74) is -2.07. The van der Waals surface area contributed by atoms with E-state index in [1.54, 1.807) is 16.7 Å². The molecule has 0 radical (unpaired) electrons. The zero-order chi connectivity index (χ0) is 21.0. The van der Waals surface area contributed by atoms with Crippen molar-refractivity contribution < 1.29 is 9.18 Å². The lowest BCUT2D eigenvalue weighted by Crippen LogP contribution is -2.41. The van der Waals surface area contributed by atoms with E-state index in [4.69, 9.17) is 0 Å². The first kappa shape index (κ1) is 24.7. The summed E-state index contributed by atoms with van der Waals surface area (Å²) in [6, 6.07) is 1.89. The summed E-state index contributed by atoms with van der Waals surface area (Å²) in [5.74, 6) is 0.632. The van der Waals surface area contributed by atoms with Crippen LogP contribution in [-0.4, -0.2) is 41.7 Å². The van der Waals surface area contributed by atoms with Crippen LogP contribution < -0.4 is 16.6 Å². The van der Waals surface area contributed by atoms with E-state index in [2.05, 4.69) is 25.3 Å². The number of hydrogen-bond donors (Lipinski definition) is 2. The molecule has 0 atom stereocenters. The highest BCUT2D eigenvalue weighted by molar-refractivity contribution is 7.99. The highest BCUT2D eigenvalue weighted by atomic mass is 32.2. The third kappa shape index (κ3) is 9.72. The summed E-state index contributed by atoms with van der Waals surface area (Å²) in [4.78, 5) is 36.2. The van der Waals surface area contributed by atoms with Gasteiger partial charge >= 0.3 is 11.7 Å². The SMILES string of the molecule is CCCCCCCC[Si](C)(C)CCSCCNC(=O)n1cc(F)c(=O)[nH]c1=O. The molecular formula is C19H34FN3O3SSi. The van der Waals surface area contributed by atoms with Crippen LogP contribution in [0, 0.1) is 5.82 Å². The van der Waals surface area contributed by atoms with Crippen molar-refractivity contribution in [3.8, 4) is 0 Å². The lowest BCUT2D eigenvalue weighted by atomic mass is 10.1. The number of carbonyl (C=O) groups excluding carboxylic acids is 1. The molecule has 0 spiro atoms. The quantitative estimate of drug-likeness (QED) is 0.365. The Morgan fingerprint density at radius 1 is 1.14 bits per heavy atom. The average Bonchev–Trinajstić information content (AvgIpc) is 2.63. The first-order chi connectivity index (χ1) is 13.3. The molecule has 0 saturated carbocycles. The highest BCUT2D eigenvalue weighted by Gasteiger charge is 2.19. The Morgan fingerprint density at radius 3 is 2.54 bits per heavy atom. The normalized spacial score (nSPS) is 11.6. The predicted octanol–water partition coefficient (Wildman–Crippen LogP) is 4.04. The second-order valence-electron chi connectivity index (χ2n) is 7.88. The number of hydrogen-bond acceptors (Lipinski definition) is 4. The number of amides is 1. The van der Waals surface area contributed by atoms with E-state index in [0.29, 0.717) is 17.3 Å². The molecule has 1 aromatic heterocycles. The fourth-order valence-corrected chi connectivity index (χ4v) is 7.57. The number of nitrogens with one attached hydrogen (secondary N) is 2. The number of aromatic amines is 1. The number of carbonyl (C=O) groups is 1. The molecule has 1 heterocycles. The molecule has 1 aromatic rings. The molecule has 0 saturated heterocycles. The molecule has 160 valence electrons. The summed E-state index contributed by atoms with van der Waals surface area (Å²) >= 11 is 1.78. The number of nitrogens with zero attached hydrogens (tertiary/aromatic N) is 1. The molecule has 0 unspecified atom stereocenters. The smallest absolute Gasteiger partial charge is 0.336 e. The van der Waals surface area contributed by atoms with Crippen LogP contribution >= 0.6 is 11.8 Å². The summed E-state index contributed by atoms with van der Waals surface area (Å²) < 4.78 is 13.7. The minimum atomic E-state index is -1.17. The third-order valence-electron chi connectivity index (χ3n) is 4.77. The van der Waals surface area contributed by atoms with Gasteiger partial charge in [-0.15, -0.1) is 0 Å². The number of unbranched alkanes of at least 4 members (excludes halogenated alkanes) is 5. The van der Waals surface area contributed by atoms with Gasteiger partial charge in [-0.1, -0.05) is 64.6 Å². The first-order valence-electron chi connectivity index (χ1n) is 10.1. The summed E-state index contributed by atoms with van der Waals surface area (Å²) in [7, 11) is -1.15. The monoisotopic (exact) mass is 431 g/mol. The van der Waals surface area contributed by atoms with Crippen molar-refractivity contribution in [1.29, 1.82) is 0 Å². The van der Waals surface area contributed by atoms with Crippen LogP contribution in [-0.2, 0) is 0 Å². The van der Waals surface area contributed by atoms with E-state index in [1.807, 2.05) is 0 Å². The molecule has 1 amide bonds. The van der Waals surface area contributed by atoms with Crippen LogP contribution in [0.1, 0.15) is 45.4 Å². The minimum absolute atomic E-state index is 0.385. The van der Waals surface area contributed by atoms with Crippen molar-refractivity contribution in [1.82, 2.24) is 14.9 Å². The van der Waals surface area contributed by atoms with Gasteiger partial charge in [0.05, 0.1) is 6.20 Å². The molecule has 6 nitrogen and oxygen atoms in total. The Hall–Kier alpha value is -1.35. The third-order valence-corrected chi connectivity index (χ3v) is 9.43. The van der Waals surface area contributed by atoms with Gasteiger partial charge in [-0.25, -0.2) is 14.2 Å². The molecule has 9 heteroatoms. The van der Waals surface area contributed by atoms with E-state index >= 15 is 0 Å². The highest BCUT2D eigenvalue weighted by Crippen LogP contribution is 2.22. The zero-order valence-corrected chi connectivity index (χ0v) is 19.1. The average molecular weight is 432 g/mol. The van der Waals surface area contributed by atoms with E-state index in [9.17, 15) is 18.8 Å². The molecular weight excluding hydrogens is 397 g/mol. The molecule has 0 fully saturated rings. The largest absolute Gasteiger partial charge is 0.336 e. The molecule has 28 heavy (non-hydrogen) atoms. The zero-order valence-electron chi connectivity index (χ0n) is 17.3. The summed E-state index contributed by atoms with van der Waals surface area (Å²) in [6.45, 7) is 7.51. The maximum Gasteiger partial charge on any atom is 0.336 e. The molecule has 0 aliphatic carbocycles. The van der Waals surface area contributed by atoms with Gasteiger partial charge in [0.2, 0.25) is 5.82 Å². The van der Waals surface area contributed by atoms with Gasteiger partial charge in [-0.3, -0.25) is 9.78 Å². The topological polar surface area (TPSA) is 84.0 Å². The fraction of sp³-hybridized carbons (Fsp3) is 0.737. The van der Waals surface area contributed by atoms with Crippen molar-refractivity contribution >= 4 is 25.9 Å². The summed E-state index contributed by atoms with van der Waals surface area (Å²) in [6.07, 6.45) is 8.65. The van der Waals surface area contributed by atoms with Gasteiger partial charge < -0.3 is 5.32 Å². The van der Waals surface area contributed by atoms with Crippen LogP contribution in [0.3, 0.4) is 0 Å². The second kappa shape index (κ2) is 13.0. The Bertz CT molecular complexity index is 721.